The molecule has 0 saturated carbocycles. The fraction of sp³-hybridized carbons (Fsp3) is 0.250. The summed E-state index contributed by atoms with van der Waals surface area (Å²) in [6.07, 6.45) is 0.165. The van der Waals surface area contributed by atoms with E-state index in [0.29, 0.717) is 10.2 Å². The van der Waals surface area contributed by atoms with Gasteiger partial charge in [-0.3, -0.25) is 9.59 Å². The third-order valence-corrected chi connectivity index (χ3v) is 3.87. The van der Waals surface area contributed by atoms with Crippen molar-refractivity contribution >= 4 is 51.2 Å². The summed E-state index contributed by atoms with van der Waals surface area (Å²) in [6, 6.07) is 4.63. The van der Waals surface area contributed by atoms with Gasteiger partial charge in [-0.1, -0.05) is 6.07 Å². The van der Waals surface area contributed by atoms with E-state index in [-0.39, 0.29) is 29.3 Å². The Morgan fingerprint density at radius 2 is 2.05 bits per heavy atom. The molecule has 1 rings (SSSR count). The van der Waals surface area contributed by atoms with Crippen molar-refractivity contribution in [2.24, 2.45) is 5.73 Å². The largest absolute Gasteiger partial charge is 0.478 e. The molecule has 0 aliphatic carbocycles. The Labute approximate surface area is 128 Å². The molecule has 0 aliphatic rings. The van der Waals surface area contributed by atoms with Crippen LogP contribution in [-0.2, 0) is 9.59 Å². The predicted molar refractivity (Wildman–Crippen MR) is 80.9 cm³/mol. The Kier molecular flexibility index (Phi) is 6.53. The minimum Gasteiger partial charge on any atom is -0.478 e. The Balaban J connectivity index is 2.62. The lowest BCUT2D eigenvalue weighted by Gasteiger charge is -2.10. The van der Waals surface area contributed by atoms with Crippen molar-refractivity contribution in [3.63, 3.8) is 0 Å². The molecular formula is C12H13BrN2O4S. The Hall–Kier alpha value is -1.54. The van der Waals surface area contributed by atoms with Crippen LogP contribution in [0, 0.1) is 0 Å². The number of carboxylic acids is 1. The molecule has 2 amide bonds. The smallest absolute Gasteiger partial charge is 0.337 e. The number of primary amides is 1. The monoisotopic (exact) mass is 360 g/mol. The average molecular weight is 361 g/mol. The highest BCUT2D eigenvalue weighted by Gasteiger charge is 2.15. The molecule has 20 heavy (non-hydrogen) atoms. The third kappa shape index (κ3) is 5.22. The van der Waals surface area contributed by atoms with Crippen molar-refractivity contribution in [2.75, 3.05) is 16.8 Å². The lowest BCUT2D eigenvalue weighted by Crippen LogP contribution is -2.17. The highest BCUT2D eigenvalue weighted by Crippen LogP contribution is 2.26. The molecule has 0 spiro atoms. The van der Waals surface area contributed by atoms with Crippen molar-refractivity contribution in [3.8, 4) is 0 Å². The summed E-state index contributed by atoms with van der Waals surface area (Å²) in [5, 5.41) is 11.6. The maximum absolute atomic E-state index is 11.7. The quantitative estimate of drug-likeness (QED) is 0.641. The van der Waals surface area contributed by atoms with Crippen molar-refractivity contribution in [3.05, 3.63) is 28.2 Å². The van der Waals surface area contributed by atoms with Crippen LogP contribution in [-0.4, -0.2) is 34.4 Å². The molecule has 0 saturated heterocycles. The highest BCUT2D eigenvalue weighted by atomic mass is 79.9. The van der Waals surface area contributed by atoms with Gasteiger partial charge in [0.05, 0.1) is 17.0 Å². The standard InChI is InChI=1S/C12H13BrN2O4S/c13-8-3-1-2-7(12(18)19)11(8)15-10(17)4-5-20-6-9(14)16/h1-3H,4-6H2,(H2,14,16)(H,15,17)(H,18,19). The van der Waals surface area contributed by atoms with Crippen LogP contribution in [0.15, 0.2) is 22.7 Å². The summed E-state index contributed by atoms with van der Waals surface area (Å²) < 4.78 is 0.496. The number of anilines is 1. The van der Waals surface area contributed by atoms with Gasteiger partial charge in [-0.2, -0.15) is 11.8 Å². The Bertz CT molecular complexity index is 536. The van der Waals surface area contributed by atoms with E-state index >= 15 is 0 Å². The molecule has 0 aromatic heterocycles. The SMILES string of the molecule is NC(=O)CSCCC(=O)Nc1c(Br)cccc1C(=O)O. The second-order valence-electron chi connectivity index (χ2n) is 3.78. The lowest BCUT2D eigenvalue weighted by atomic mass is 10.2. The molecule has 4 N–H and O–H groups in total. The van der Waals surface area contributed by atoms with E-state index in [0.717, 1.165) is 0 Å². The van der Waals surface area contributed by atoms with Gasteiger partial charge < -0.3 is 16.2 Å². The number of amides is 2. The average Bonchev–Trinajstić information content (AvgIpc) is 2.36. The number of hydrogen-bond donors (Lipinski definition) is 3. The third-order valence-electron chi connectivity index (χ3n) is 2.23. The molecule has 1 aromatic rings. The van der Waals surface area contributed by atoms with E-state index in [2.05, 4.69) is 21.2 Å². The Morgan fingerprint density at radius 3 is 2.65 bits per heavy atom. The number of nitrogens with one attached hydrogen (secondary N) is 1. The molecule has 0 aliphatic heterocycles. The Morgan fingerprint density at radius 1 is 1.35 bits per heavy atom. The number of para-hydroxylation sites is 1. The van der Waals surface area contributed by atoms with Gasteiger partial charge in [0.15, 0.2) is 0 Å². The first-order valence-corrected chi connectivity index (χ1v) is 7.54. The normalized spacial score (nSPS) is 10.1. The van der Waals surface area contributed by atoms with Gasteiger partial charge in [-0.15, -0.1) is 0 Å². The number of carbonyl (C=O) groups excluding carboxylic acids is 2. The van der Waals surface area contributed by atoms with Crippen LogP contribution in [0.25, 0.3) is 0 Å². The van der Waals surface area contributed by atoms with E-state index in [1.165, 1.54) is 17.8 Å². The zero-order valence-electron chi connectivity index (χ0n) is 10.4. The number of carboxylic acid groups (broad SMARTS) is 1. The first-order valence-electron chi connectivity index (χ1n) is 5.59. The van der Waals surface area contributed by atoms with E-state index in [9.17, 15) is 14.4 Å². The van der Waals surface area contributed by atoms with Crippen molar-refractivity contribution < 1.29 is 19.5 Å². The molecule has 6 nitrogen and oxygen atoms in total. The molecule has 0 fully saturated rings. The molecule has 1 aromatic carbocycles. The second kappa shape index (κ2) is 7.91. The van der Waals surface area contributed by atoms with Crippen molar-refractivity contribution in [1.82, 2.24) is 0 Å². The first-order chi connectivity index (χ1) is 9.41. The van der Waals surface area contributed by atoms with Crippen LogP contribution in [0.5, 0.6) is 0 Å². The summed E-state index contributed by atoms with van der Waals surface area (Å²) in [7, 11) is 0. The van der Waals surface area contributed by atoms with Crippen LogP contribution >= 0.6 is 27.7 Å². The number of hydrogen-bond acceptors (Lipinski definition) is 4. The van der Waals surface area contributed by atoms with Gasteiger partial charge >= 0.3 is 5.97 Å². The van der Waals surface area contributed by atoms with Crippen LogP contribution in [0.2, 0.25) is 0 Å². The van der Waals surface area contributed by atoms with E-state index in [1.807, 2.05) is 0 Å². The number of thioether (sulfide) groups is 1. The lowest BCUT2D eigenvalue weighted by molar-refractivity contribution is -0.116. The van der Waals surface area contributed by atoms with Gasteiger partial charge in [0.2, 0.25) is 11.8 Å². The summed E-state index contributed by atoms with van der Waals surface area (Å²) in [4.78, 5) is 33.3. The molecule has 0 radical (unpaired) electrons. The van der Waals surface area contributed by atoms with E-state index in [1.54, 1.807) is 12.1 Å². The summed E-state index contributed by atoms with van der Waals surface area (Å²) >= 11 is 4.45. The molecule has 108 valence electrons. The zero-order chi connectivity index (χ0) is 15.1. The maximum Gasteiger partial charge on any atom is 0.337 e. The van der Waals surface area contributed by atoms with E-state index in [4.69, 9.17) is 10.8 Å². The van der Waals surface area contributed by atoms with Gasteiger partial charge in [0, 0.05) is 16.6 Å². The summed E-state index contributed by atoms with van der Waals surface area (Å²) in [5.41, 5.74) is 5.21. The number of rotatable bonds is 7. The molecular weight excluding hydrogens is 348 g/mol. The predicted octanol–water partition coefficient (Wildman–Crippen LogP) is 1.69. The highest BCUT2D eigenvalue weighted by molar-refractivity contribution is 9.10. The molecule has 8 heteroatoms. The summed E-state index contributed by atoms with van der Waals surface area (Å²) in [5.74, 6) is -1.29. The van der Waals surface area contributed by atoms with E-state index < -0.39 is 11.9 Å². The van der Waals surface area contributed by atoms with Crippen LogP contribution in [0.4, 0.5) is 5.69 Å². The molecule has 0 bridgehead atoms. The van der Waals surface area contributed by atoms with Crippen LogP contribution in [0.3, 0.4) is 0 Å². The number of benzene rings is 1. The number of nitrogens with two attached hydrogens (primary N) is 1. The van der Waals surface area contributed by atoms with Crippen molar-refractivity contribution in [2.45, 2.75) is 6.42 Å². The number of carbonyl (C=O) groups is 3. The van der Waals surface area contributed by atoms with Crippen LogP contribution in [0.1, 0.15) is 16.8 Å². The van der Waals surface area contributed by atoms with Gasteiger partial charge in [0.25, 0.3) is 0 Å². The second-order valence-corrected chi connectivity index (χ2v) is 5.74. The van der Waals surface area contributed by atoms with Gasteiger partial charge in [0.1, 0.15) is 0 Å². The molecule has 0 atom stereocenters. The fourth-order valence-corrected chi connectivity index (χ4v) is 2.51. The van der Waals surface area contributed by atoms with Gasteiger partial charge in [-0.05, 0) is 28.1 Å². The minimum atomic E-state index is -1.12. The van der Waals surface area contributed by atoms with Crippen molar-refractivity contribution in [1.29, 1.82) is 0 Å². The number of aromatic carboxylic acids is 1. The number of halogens is 1. The topological polar surface area (TPSA) is 109 Å². The fourth-order valence-electron chi connectivity index (χ4n) is 1.37. The minimum absolute atomic E-state index is 0.0116. The molecule has 0 heterocycles. The first kappa shape index (κ1) is 16.5. The maximum atomic E-state index is 11.7. The van der Waals surface area contributed by atoms with Gasteiger partial charge in [-0.25, -0.2) is 4.79 Å². The zero-order valence-corrected chi connectivity index (χ0v) is 12.8. The summed E-state index contributed by atoms with van der Waals surface area (Å²) in [6.45, 7) is 0. The molecule has 0 unspecified atom stereocenters. The van der Waals surface area contributed by atoms with Crippen LogP contribution < -0.4 is 11.1 Å².